The first-order chi connectivity index (χ1) is 10.4. The van der Waals surface area contributed by atoms with Crippen LogP contribution in [-0.4, -0.2) is 38.7 Å². The summed E-state index contributed by atoms with van der Waals surface area (Å²) in [6, 6.07) is 0. The van der Waals surface area contributed by atoms with Crippen molar-refractivity contribution >= 4 is 12.3 Å². The van der Waals surface area contributed by atoms with Crippen molar-refractivity contribution in [2.45, 2.75) is 26.7 Å². The minimum absolute atomic E-state index is 0.0773. The van der Waals surface area contributed by atoms with Gasteiger partial charge in [0.15, 0.2) is 0 Å². The molecule has 2 saturated heterocycles. The summed E-state index contributed by atoms with van der Waals surface area (Å²) in [5.41, 5.74) is -0.318. The highest BCUT2D eigenvalue weighted by molar-refractivity contribution is 5.61. The third-order valence-electron chi connectivity index (χ3n) is 4.22. The van der Waals surface area contributed by atoms with E-state index in [1.54, 1.807) is 12.2 Å². The summed E-state index contributed by atoms with van der Waals surface area (Å²) in [5.74, 6) is 0. The van der Waals surface area contributed by atoms with E-state index in [9.17, 15) is 9.59 Å². The molecular weight excluding hydrogens is 288 g/mol. The average Bonchev–Trinajstić information content (AvgIpc) is 2.58. The molecule has 0 aromatic heterocycles. The van der Waals surface area contributed by atoms with Gasteiger partial charge in [-0.2, -0.15) is 0 Å². The summed E-state index contributed by atoms with van der Waals surface area (Å²) in [6.07, 6.45) is 4.19. The van der Waals surface area contributed by atoms with Gasteiger partial charge >= 0.3 is 12.3 Å². The van der Waals surface area contributed by atoms with Crippen LogP contribution in [-0.2, 0) is 18.9 Å². The van der Waals surface area contributed by atoms with E-state index in [0.29, 0.717) is 13.2 Å². The number of carbonyl (C=O) groups excluding carboxylic acids is 2. The standard InChI is InChI=1S/C8H14O3.C8H10O3/c2*1-3-8(4-2)5-10-7(9)11-6-8/h3-6H2,1-2H3;3-4H,1-2,5-6H2. The molecule has 2 heterocycles. The fraction of sp³-hybridized carbons (Fsp3) is 0.625. The van der Waals surface area contributed by atoms with Crippen LogP contribution < -0.4 is 0 Å². The van der Waals surface area contributed by atoms with Gasteiger partial charge in [-0.1, -0.05) is 26.0 Å². The molecule has 0 amide bonds. The third kappa shape index (κ3) is 4.51. The van der Waals surface area contributed by atoms with Crippen molar-refractivity contribution in [3.05, 3.63) is 25.3 Å². The third-order valence-corrected chi connectivity index (χ3v) is 4.22. The van der Waals surface area contributed by atoms with E-state index in [-0.39, 0.29) is 18.6 Å². The fourth-order valence-corrected chi connectivity index (χ4v) is 1.95. The largest absolute Gasteiger partial charge is 0.508 e. The zero-order valence-electron chi connectivity index (χ0n) is 13.3. The van der Waals surface area contributed by atoms with Crippen LogP contribution in [0, 0.1) is 10.8 Å². The number of carbonyl (C=O) groups is 2. The summed E-state index contributed by atoms with van der Waals surface area (Å²) in [4.78, 5) is 21.0. The van der Waals surface area contributed by atoms with E-state index in [0.717, 1.165) is 12.8 Å². The lowest BCUT2D eigenvalue weighted by Crippen LogP contribution is -2.38. The van der Waals surface area contributed by atoms with E-state index in [1.165, 1.54) is 0 Å². The summed E-state index contributed by atoms with van der Waals surface area (Å²) >= 11 is 0. The van der Waals surface area contributed by atoms with Gasteiger partial charge in [0.2, 0.25) is 0 Å². The quantitative estimate of drug-likeness (QED) is 0.584. The van der Waals surface area contributed by atoms with Gasteiger partial charge in [0.1, 0.15) is 26.4 Å². The average molecular weight is 312 g/mol. The van der Waals surface area contributed by atoms with Crippen LogP contribution >= 0.6 is 0 Å². The van der Waals surface area contributed by atoms with Crippen LogP contribution in [0.4, 0.5) is 9.59 Å². The Balaban J connectivity index is 0.000000220. The van der Waals surface area contributed by atoms with Gasteiger partial charge in [-0.25, -0.2) is 9.59 Å². The highest BCUT2D eigenvalue weighted by Crippen LogP contribution is 2.30. The lowest BCUT2D eigenvalue weighted by atomic mass is 9.84. The van der Waals surface area contributed by atoms with Crippen molar-refractivity contribution in [3.8, 4) is 0 Å². The molecule has 0 radical (unpaired) electrons. The van der Waals surface area contributed by atoms with Crippen molar-refractivity contribution in [2.24, 2.45) is 10.8 Å². The van der Waals surface area contributed by atoms with Gasteiger partial charge in [-0.05, 0) is 12.8 Å². The Morgan fingerprint density at radius 1 is 0.864 bits per heavy atom. The molecule has 6 nitrogen and oxygen atoms in total. The number of ether oxygens (including phenoxy) is 4. The van der Waals surface area contributed by atoms with Gasteiger partial charge in [0.25, 0.3) is 0 Å². The number of hydrogen-bond acceptors (Lipinski definition) is 6. The second-order valence-electron chi connectivity index (χ2n) is 5.50. The predicted molar refractivity (Wildman–Crippen MR) is 80.4 cm³/mol. The second kappa shape index (κ2) is 7.87. The number of rotatable bonds is 4. The zero-order chi connectivity index (χ0) is 16.6. The highest BCUT2D eigenvalue weighted by Gasteiger charge is 2.34. The van der Waals surface area contributed by atoms with E-state index in [4.69, 9.17) is 9.47 Å². The topological polar surface area (TPSA) is 71.1 Å². The summed E-state index contributed by atoms with van der Waals surface area (Å²) in [5, 5.41) is 0. The number of hydrogen-bond donors (Lipinski definition) is 0. The molecular formula is C16H24O6. The molecule has 0 saturated carbocycles. The summed E-state index contributed by atoms with van der Waals surface area (Å²) < 4.78 is 19.0. The molecule has 0 unspecified atom stereocenters. The molecule has 0 aliphatic carbocycles. The summed E-state index contributed by atoms with van der Waals surface area (Å²) in [7, 11) is 0. The molecule has 124 valence electrons. The highest BCUT2D eigenvalue weighted by atomic mass is 16.7. The normalized spacial score (nSPS) is 21.7. The van der Waals surface area contributed by atoms with E-state index in [2.05, 4.69) is 36.5 Å². The molecule has 0 aromatic rings. The molecule has 6 heteroatoms. The fourth-order valence-electron chi connectivity index (χ4n) is 1.95. The van der Waals surface area contributed by atoms with Gasteiger partial charge in [0, 0.05) is 5.41 Å². The molecule has 0 aromatic carbocycles. The lowest BCUT2D eigenvalue weighted by molar-refractivity contribution is -0.0628. The van der Waals surface area contributed by atoms with Crippen molar-refractivity contribution < 1.29 is 28.5 Å². The Morgan fingerprint density at radius 3 is 1.55 bits per heavy atom. The van der Waals surface area contributed by atoms with Crippen LogP contribution in [0.25, 0.3) is 0 Å². The molecule has 22 heavy (non-hydrogen) atoms. The maximum absolute atomic E-state index is 10.5. The predicted octanol–water partition coefficient (Wildman–Crippen LogP) is 3.47. The first kappa shape index (κ1) is 18.1. The number of cyclic esters (lactones) is 4. The van der Waals surface area contributed by atoms with Crippen molar-refractivity contribution in [2.75, 3.05) is 26.4 Å². The van der Waals surface area contributed by atoms with E-state index >= 15 is 0 Å². The minimum atomic E-state index is -0.621. The Morgan fingerprint density at radius 2 is 1.23 bits per heavy atom. The monoisotopic (exact) mass is 312 g/mol. The Bertz CT molecular complexity index is 392. The smallest absolute Gasteiger partial charge is 0.434 e. The van der Waals surface area contributed by atoms with Gasteiger partial charge < -0.3 is 18.9 Å². The molecule has 2 aliphatic rings. The molecule has 2 rings (SSSR count). The molecule has 0 N–H and O–H groups in total. The van der Waals surface area contributed by atoms with Crippen LogP contribution in [0.3, 0.4) is 0 Å². The molecule has 0 bridgehead atoms. The van der Waals surface area contributed by atoms with E-state index in [1.807, 2.05) is 0 Å². The van der Waals surface area contributed by atoms with Gasteiger partial charge in [-0.3, -0.25) is 0 Å². The SMILES string of the molecule is C=CC1(C=C)COC(=O)OC1.CCC1(CC)COC(=O)OC1. The maximum atomic E-state index is 10.5. The van der Waals surface area contributed by atoms with Crippen LogP contribution in [0.5, 0.6) is 0 Å². The second-order valence-corrected chi connectivity index (χ2v) is 5.50. The Hall–Kier alpha value is -1.98. The Kier molecular flexibility index (Phi) is 6.46. The molecule has 0 atom stereocenters. The lowest BCUT2D eigenvalue weighted by Gasteiger charge is -2.33. The van der Waals surface area contributed by atoms with Crippen LogP contribution in [0.2, 0.25) is 0 Å². The summed E-state index contributed by atoms with van der Waals surface area (Å²) in [6.45, 7) is 13.0. The Labute approximate surface area is 131 Å². The molecule has 2 aliphatic heterocycles. The van der Waals surface area contributed by atoms with Crippen molar-refractivity contribution in [3.63, 3.8) is 0 Å². The molecule has 2 fully saturated rings. The zero-order valence-corrected chi connectivity index (χ0v) is 13.3. The maximum Gasteiger partial charge on any atom is 0.508 e. The van der Waals surface area contributed by atoms with Gasteiger partial charge in [0.05, 0.1) is 5.41 Å². The molecule has 0 spiro atoms. The van der Waals surface area contributed by atoms with Crippen molar-refractivity contribution in [1.29, 1.82) is 0 Å². The van der Waals surface area contributed by atoms with Crippen LogP contribution in [0.1, 0.15) is 26.7 Å². The van der Waals surface area contributed by atoms with Crippen LogP contribution in [0.15, 0.2) is 25.3 Å². The van der Waals surface area contributed by atoms with Crippen molar-refractivity contribution in [1.82, 2.24) is 0 Å². The minimum Gasteiger partial charge on any atom is -0.434 e. The first-order valence-corrected chi connectivity index (χ1v) is 7.31. The van der Waals surface area contributed by atoms with Gasteiger partial charge in [-0.15, -0.1) is 13.2 Å². The first-order valence-electron chi connectivity index (χ1n) is 7.31. The van der Waals surface area contributed by atoms with E-state index < -0.39 is 17.7 Å².